The first kappa shape index (κ1) is 16.2. The Morgan fingerprint density at radius 3 is 2.46 bits per heavy atom. The number of fused-ring (bicyclic) bond motifs is 1. The number of nitrogens with one attached hydrogen (secondary N) is 1. The molecule has 3 rings (SSSR count). The van der Waals surface area contributed by atoms with Crippen LogP contribution in [0, 0.1) is 0 Å². The van der Waals surface area contributed by atoms with Crippen LogP contribution in [0.2, 0.25) is 0 Å². The molecule has 24 heavy (non-hydrogen) atoms. The third-order valence-corrected chi connectivity index (χ3v) is 4.40. The summed E-state index contributed by atoms with van der Waals surface area (Å²) in [6.45, 7) is 3.64. The number of carbonyl (C=O) groups is 1. The highest BCUT2D eigenvalue weighted by Gasteiger charge is 2.32. The molecule has 0 aliphatic rings. The summed E-state index contributed by atoms with van der Waals surface area (Å²) >= 11 is 0. The van der Waals surface area contributed by atoms with Gasteiger partial charge in [0.15, 0.2) is 0 Å². The van der Waals surface area contributed by atoms with E-state index in [-0.39, 0.29) is 11.9 Å². The Morgan fingerprint density at radius 1 is 1.17 bits per heavy atom. The minimum Gasteiger partial charge on any atom is -0.345 e. The van der Waals surface area contributed by atoms with Gasteiger partial charge in [0, 0.05) is 7.05 Å². The molecule has 5 nitrogen and oxygen atoms in total. The number of aromatic nitrogens is 2. The number of aryl methyl sites for hydroxylation is 1. The van der Waals surface area contributed by atoms with Gasteiger partial charge in [-0.1, -0.05) is 42.5 Å². The second-order valence-corrected chi connectivity index (χ2v) is 6.28. The zero-order valence-electron chi connectivity index (χ0n) is 14.2. The number of nitrogens with zero attached hydrogens (tertiary/aromatic N) is 2. The van der Waals surface area contributed by atoms with E-state index in [0.29, 0.717) is 0 Å². The average Bonchev–Trinajstić information content (AvgIpc) is 2.93. The Morgan fingerprint density at radius 2 is 1.79 bits per heavy atom. The quantitative estimate of drug-likeness (QED) is 0.775. The minimum absolute atomic E-state index is 0.228. The summed E-state index contributed by atoms with van der Waals surface area (Å²) in [5.41, 5.74) is 7.91. The molecule has 1 amide bonds. The molecule has 3 aromatic rings. The molecule has 3 N–H and O–H groups in total. The van der Waals surface area contributed by atoms with Crippen molar-refractivity contribution in [2.45, 2.75) is 25.4 Å². The third-order valence-electron chi connectivity index (χ3n) is 4.40. The van der Waals surface area contributed by atoms with E-state index in [0.717, 1.165) is 22.4 Å². The summed E-state index contributed by atoms with van der Waals surface area (Å²) < 4.78 is 2.00. The monoisotopic (exact) mass is 322 g/mol. The van der Waals surface area contributed by atoms with Crippen LogP contribution < -0.4 is 11.1 Å². The molecule has 2 unspecified atom stereocenters. The fourth-order valence-corrected chi connectivity index (χ4v) is 2.88. The Bertz CT molecular complexity index is 867. The van der Waals surface area contributed by atoms with Crippen molar-refractivity contribution >= 4 is 16.9 Å². The zero-order chi connectivity index (χ0) is 17.3. The molecule has 0 aliphatic heterocycles. The molecule has 0 aliphatic carbocycles. The molecule has 124 valence electrons. The molecule has 2 aromatic carbocycles. The second-order valence-electron chi connectivity index (χ2n) is 6.28. The van der Waals surface area contributed by atoms with Crippen molar-refractivity contribution in [1.29, 1.82) is 0 Å². The smallest absolute Gasteiger partial charge is 0.244 e. The van der Waals surface area contributed by atoms with Gasteiger partial charge in [-0.2, -0.15) is 0 Å². The van der Waals surface area contributed by atoms with Gasteiger partial charge in [-0.3, -0.25) is 4.79 Å². The molecule has 0 fully saturated rings. The van der Waals surface area contributed by atoms with Gasteiger partial charge in [-0.25, -0.2) is 4.98 Å². The molecule has 5 heteroatoms. The van der Waals surface area contributed by atoms with E-state index < -0.39 is 5.54 Å². The predicted octanol–water partition coefficient (Wildman–Crippen LogP) is 2.62. The molecule has 1 aromatic heterocycles. The van der Waals surface area contributed by atoms with Gasteiger partial charge in [0.1, 0.15) is 11.4 Å². The van der Waals surface area contributed by atoms with E-state index in [1.54, 1.807) is 6.92 Å². The number of para-hydroxylation sites is 2. The summed E-state index contributed by atoms with van der Waals surface area (Å²) in [5.74, 6) is 0.571. The number of imidazole rings is 1. The SMILES string of the molecule is CC(NC(=O)C(C)(N)c1ccccc1)c1nc2ccccc2n1C. The van der Waals surface area contributed by atoms with Crippen molar-refractivity contribution in [3.8, 4) is 0 Å². The Kier molecular flexibility index (Phi) is 4.11. The van der Waals surface area contributed by atoms with E-state index in [9.17, 15) is 4.79 Å². The topological polar surface area (TPSA) is 72.9 Å². The molecule has 0 saturated carbocycles. The zero-order valence-corrected chi connectivity index (χ0v) is 14.2. The lowest BCUT2D eigenvalue weighted by atomic mass is 9.92. The van der Waals surface area contributed by atoms with Crippen LogP contribution in [0.3, 0.4) is 0 Å². The Labute approximate surface area is 141 Å². The highest BCUT2D eigenvalue weighted by atomic mass is 16.2. The lowest BCUT2D eigenvalue weighted by Crippen LogP contribution is -2.49. The normalized spacial score (nSPS) is 15.0. The first-order chi connectivity index (χ1) is 11.4. The highest BCUT2D eigenvalue weighted by molar-refractivity contribution is 5.87. The van der Waals surface area contributed by atoms with Gasteiger partial charge in [0.2, 0.25) is 5.91 Å². The summed E-state index contributed by atoms with van der Waals surface area (Å²) in [6, 6.07) is 17.0. The fraction of sp³-hybridized carbons (Fsp3) is 0.263. The second kappa shape index (κ2) is 6.09. The van der Waals surface area contributed by atoms with Crippen LogP contribution >= 0.6 is 0 Å². The van der Waals surface area contributed by atoms with Crippen molar-refractivity contribution < 1.29 is 4.79 Å². The van der Waals surface area contributed by atoms with Gasteiger partial charge in [-0.15, -0.1) is 0 Å². The first-order valence-electron chi connectivity index (χ1n) is 7.98. The van der Waals surface area contributed by atoms with E-state index in [4.69, 9.17) is 5.73 Å². The standard InChI is InChI=1S/C19H22N4O/c1-13(17-22-15-11-7-8-12-16(15)23(17)3)21-18(24)19(2,20)14-9-5-4-6-10-14/h4-13H,20H2,1-3H3,(H,21,24). The van der Waals surface area contributed by atoms with Crippen LogP contribution in [0.25, 0.3) is 11.0 Å². The molecule has 0 bridgehead atoms. The maximum Gasteiger partial charge on any atom is 0.244 e. The fourth-order valence-electron chi connectivity index (χ4n) is 2.88. The van der Waals surface area contributed by atoms with E-state index in [2.05, 4.69) is 10.3 Å². The number of amides is 1. The van der Waals surface area contributed by atoms with Crippen molar-refractivity contribution in [2.24, 2.45) is 12.8 Å². The summed E-state index contributed by atoms with van der Waals surface area (Å²) in [7, 11) is 1.95. The van der Waals surface area contributed by atoms with E-state index in [1.165, 1.54) is 0 Å². The predicted molar refractivity (Wildman–Crippen MR) is 95.3 cm³/mol. The number of rotatable bonds is 4. The average molecular weight is 322 g/mol. The Balaban J connectivity index is 1.84. The van der Waals surface area contributed by atoms with Crippen molar-refractivity contribution in [2.75, 3.05) is 0 Å². The van der Waals surface area contributed by atoms with Crippen LogP contribution in [-0.2, 0) is 17.4 Å². The molecule has 0 saturated heterocycles. The van der Waals surface area contributed by atoms with Crippen LogP contribution in [0.1, 0.15) is 31.3 Å². The summed E-state index contributed by atoms with van der Waals surface area (Å²) in [6.07, 6.45) is 0. The van der Waals surface area contributed by atoms with Crippen LogP contribution in [0.5, 0.6) is 0 Å². The molecule has 2 atom stereocenters. The van der Waals surface area contributed by atoms with Gasteiger partial charge >= 0.3 is 0 Å². The van der Waals surface area contributed by atoms with Crippen LogP contribution in [0.15, 0.2) is 54.6 Å². The third kappa shape index (κ3) is 2.78. The minimum atomic E-state index is -1.10. The van der Waals surface area contributed by atoms with Gasteiger partial charge in [-0.05, 0) is 31.5 Å². The van der Waals surface area contributed by atoms with Gasteiger partial charge < -0.3 is 15.6 Å². The molecule has 0 spiro atoms. The maximum atomic E-state index is 12.7. The van der Waals surface area contributed by atoms with Crippen molar-refractivity contribution in [3.05, 3.63) is 66.0 Å². The Hall–Kier alpha value is -2.66. The van der Waals surface area contributed by atoms with Gasteiger partial charge in [0.25, 0.3) is 0 Å². The number of nitrogens with two attached hydrogens (primary N) is 1. The summed E-state index contributed by atoms with van der Waals surface area (Å²) in [4.78, 5) is 17.3. The number of hydrogen-bond acceptors (Lipinski definition) is 3. The molecular weight excluding hydrogens is 300 g/mol. The lowest BCUT2D eigenvalue weighted by Gasteiger charge is -2.26. The van der Waals surface area contributed by atoms with Crippen molar-refractivity contribution in [1.82, 2.24) is 14.9 Å². The number of hydrogen-bond donors (Lipinski definition) is 2. The number of carbonyl (C=O) groups excluding carboxylic acids is 1. The number of benzene rings is 2. The first-order valence-corrected chi connectivity index (χ1v) is 7.98. The molecule has 1 heterocycles. The van der Waals surface area contributed by atoms with E-state index in [1.807, 2.05) is 73.1 Å². The highest BCUT2D eigenvalue weighted by Crippen LogP contribution is 2.22. The maximum absolute atomic E-state index is 12.7. The molecule has 0 radical (unpaired) electrons. The van der Waals surface area contributed by atoms with Crippen LogP contribution in [-0.4, -0.2) is 15.5 Å². The summed E-state index contributed by atoms with van der Waals surface area (Å²) in [5, 5.41) is 2.99. The lowest BCUT2D eigenvalue weighted by molar-refractivity contribution is -0.126. The van der Waals surface area contributed by atoms with Gasteiger partial charge in [0.05, 0.1) is 17.1 Å². The van der Waals surface area contributed by atoms with E-state index >= 15 is 0 Å². The molecular formula is C19H22N4O. The van der Waals surface area contributed by atoms with Crippen LogP contribution in [0.4, 0.5) is 0 Å². The largest absolute Gasteiger partial charge is 0.345 e. The van der Waals surface area contributed by atoms with Crippen molar-refractivity contribution in [3.63, 3.8) is 0 Å².